The predicted molar refractivity (Wildman–Crippen MR) is 103 cm³/mol. The zero-order valence-corrected chi connectivity index (χ0v) is 15.9. The van der Waals surface area contributed by atoms with Crippen LogP contribution >= 0.6 is 35.3 Å². The fourth-order valence-electron chi connectivity index (χ4n) is 2.49. The van der Waals surface area contributed by atoms with Gasteiger partial charge in [-0.05, 0) is 49.7 Å². The molecule has 1 aromatic rings. The Kier molecular flexibility index (Phi) is 9.26. The van der Waals surface area contributed by atoms with Crippen LogP contribution in [0.3, 0.4) is 0 Å². The fourth-order valence-corrected chi connectivity index (χ4v) is 3.23. The van der Waals surface area contributed by atoms with Crippen molar-refractivity contribution >= 4 is 41.3 Å². The smallest absolute Gasteiger partial charge is 0.188 e. The third-order valence-corrected chi connectivity index (χ3v) is 4.60. The van der Waals surface area contributed by atoms with Gasteiger partial charge < -0.3 is 11.1 Å². The first-order chi connectivity index (χ1) is 9.78. The Bertz CT molecular complexity index is 400. The third kappa shape index (κ3) is 6.97. The third-order valence-electron chi connectivity index (χ3n) is 3.74. The van der Waals surface area contributed by atoms with E-state index < -0.39 is 0 Å². The number of rotatable bonds is 6. The normalized spacial score (nSPS) is 17.5. The van der Waals surface area contributed by atoms with Crippen LogP contribution in [0.4, 0.5) is 0 Å². The second-order valence-electron chi connectivity index (χ2n) is 5.45. The lowest BCUT2D eigenvalue weighted by Gasteiger charge is -2.30. The van der Waals surface area contributed by atoms with E-state index in [0.29, 0.717) is 11.9 Å². The van der Waals surface area contributed by atoms with Crippen molar-refractivity contribution in [1.29, 1.82) is 0 Å². The zero-order chi connectivity index (χ0) is 14.2. The minimum Gasteiger partial charge on any atom is -0.370 e. The first-order valence-corrected chi connectivity index (χ1v) is 8.44. The average molecular weight is 422 g/mol. The van der Waals surface area contributed by atoms with E-state index >= 15 is 0 Å². The van der Waals surface area contributed by atoms with Crippen molar-refractivity contribution in [3.8, 4) is 0 Å². The molecular weight excluding hydrogens is 395 g/mol. The standard InChI is InChI=1S/C15H26N4S.HI/c1-2-7-17-15(16)18-11-13-5-8-19(9-6-13)12-14-4-3-10-20-14;/h3-4,10,13H,2,5-9,11-12H2,1H3,(H3,16,17,18);1H. The van der Waals surface area contributed by atoms with E-state index in [0.717, 1.165) is 26.1 Å². The van der Waals surface area contributed by atoms with Crippen molar-refractivity contribution in [2.75, 3.05) is 26.2 Å². The molecule has 1 aliphatic heterocycles. The molecule has 6 heteroatoms. The number of hydrogen-bond acceptors (Lipinski definition) is 3. The summed E-state index contributed by atoms with van der Waals surface area (Å²) in [5.74, 6) is 1.30. The molecule has 0 spiro atoms. The number of piperidine rings is 1. The maximum absolute atomic E-state index is 5.82. The summed E-state index contributed by atoms with van der Waals surface area (Å²) in [5.41, 5.74) is 5.82. The van der Waals surface area contributed by atoms with Crippen LogP contribution in [0.1, 0.15) is 31.1 Å². The summed E-state index contributed by atoms with van der Waals surface area (Å²) in [6.45, 7) is 7.38. The number of aliphatic imine (C=N–C) groups is 1. The molecule has 0 atom stereocenters. The largest absolute Gasteiger partial charge is 0.370 e. The number of nitrogens with two attached hydrogens (primary N) is 1. The van der Waals surface area contributed by atoms with E-state index in [1.165, 1.54) is 30.8 Å². The molecule has 1 aliphatic rings. The molecule has 0 aliphatic carbocycles. The molecule has 1 saturated heterocycles. The quantitative estimate of drug-likeness (QED) is 0.421. The lowest BCUT2D eigenvalue weighted by molar-refractivity contribution is 0.182. The van der Waals surface area contributed by atoms with Crippen molar-refractivity contribution < 1.29 is 0 Å². The lowest BCUT2D eigenvalue weighted by Crippen LogP contribution is -2.35. The molecule has 1 fully saturated rings. The maximum Gasteiger partial charge on any atom is 0.188 e. The number of nitrogens with zero attached hydrogens (tertiary/aromatic N) is 2. The van der Waals surface area contributed by atoms with Gasteiger partial charge in [-0.15, -0.1) is 35.3 Å². The van der Waals surface area contributed by atoms with Gasteiger partial charge >= 0.3 is 0 Å². The molecule has 0 amide bonds. The highest BCUT2D eigenvalue weighted by atomic mass is 127. The highest BCUT2D eigenvalue weighted by molar-refractivity contribution is 14.0. The Hall–Kier alpha value is -0.340. The monoisotopic (exact) mass is 422 g/mol. The highest BCUT2D eigenvalue weighted by Crippen LogP contribution is 2.20. The van der Waals surface area contributed by atoms with Crippen molar-refractivity contribution in [2.45, 2.75) is 32.7 Å². The van der Waals surface area contributed by atoms with Gasteiger partial charge in [-0.1, -0.05) is 13.0 Å². The highest BCUT2D eigenvalue weighted by Gasteiger charge is 2.19. The molecule has 0 unspecified atom stereocenters. The van der Waals surface area contributed by atoms with Crippen LogP contribution in [0.15, 0.2) is 22.5 Å². The number of guanidine groups is 1. The molecule has 4 nitrogen and oxygen atoms in total. The number of halogens is 1. The minimum atomic E-state index is 0. The van der Waals surface area contributed by atoms with Crippen LogP contribution < -0.4 is 11.1 Å². The Morgan fingerprint density at radius 1 is 1.48 bits per heavy atom. The van der Waals surface area contributed by atoms with Crippen LogP contribution in [0, 0.1) is 5.92 Å². The predicted octanol–water partition coefficient (Wildman–Crippen LogP) is 2.89. The van der Waals surface area contributed by atoms with E-state index in [-0.39, 0.29) is 24.0 Å². The molecular formula is C15H27IN4S. The first-order valence-electron chi connectivity index (χ1n) is 7.56. The van der Waals surface area contributed by atoms with Crippen molar-refractivity contribution in [3.05, 3.63) is 22.4 Å². The summed E-state index contributed by atoms with van der Waals surface area (Å²) in [6, 6.07) is 4.36. The number of hydrogen-bond donors (Lipinski definition) is 2. The summed E-state index contributed by atoms with van der Waals surface area (Å²) in [5, 5.41) is 5.28. The van der Waals surface area contributed by atoms with E-state index in [2.05, 4.69) is 39.6 Å². The molecule has 0 bridgehead atoms. The van der Waals surface area contributed by atoms with Gasteiger partial charge in [0.05, 0.1) is 0 Å². The summed E-state index contributed by atoms with van der Waals surface area (Å²) in [7, 11) is 0. The van der Waals surface area contributed by atoms with Gasteiger partial charge in [0, 0.05) is 24.5 Å². The van der Waals surface area contributed by atoms with E-state index in [1.807, 2.05) is 11.3 Å². The van der Waals surface area contributed by atoms with Crippen LogP contribution in [-0.2, 0) is 6.54 Å². The molecule has 3 N–H and O–H groups in total. The number of nitrogens with one attached hydrogen (secondary N) is 1. The summed E-state index contributed by atoms with van der Waals surface area (Å²) < 4.78 is 0. The van der Waals surface area contributed by atoms with Gasteiger partial charge in [-0.25, -0.2) is 0 Å². The Morgan fingerprint density at radius 3 is 2.86 bits per heavy atom. The number of likely N-dealkylation sites (tertiary alicyclic amines) is 1. The van der Waals surface area contributed by atoms with Gasteiger partial charge in [0.15, 0.2) is 5.96 Å². The summed E-state index contributed by atoms with van der Waals surface area (Å²) >= 11 is 1.85. The van der Waals surface area contributed by atoms with Crippen LogP contribution in [-0.4, -0.2) is 37.0 Å². The molecule has 2 heterocycles. The Labute approximate surface area is 149 Å². The lowest BCUT2D eigenvalue weighted by atomic mass is 9.97. The fraction of sp³-hybridized carbons (Fsp3) is 0.667. The van der Waals surface area contributed by atoms with E-state index in [9.17, 15) is 0 Å². The molecule has 0 saturated carbocycles. The number of thiophene rings is 1. The van der Waals surface area contributed by atoms with Gasteiger partial charge in [0.2, 0.25) is 0 Å². The van der Waals surface area contributed by atoms with Gasteiger partial charge in [0.25, 0.3) is 0 Å². The van der Waals surface area contributed by atoms with Gasteiger partial charge in [-0.3, -0.25) is 9.89 Å². The molecule has 0 radical (unpaired) electrons. The average Bonchev–Trinajstić information content (AvgIpc) is 2.97. The van der Waals surface area contributed by atoms with Crippen molar-refractivity contribution in [1.82, 2.24) is 10.2 Å². The SMILES string of the molecule is CCCNC(N)=NCC1CCN(Cc2cccs2)CC1.I. The Morgan fingerprint density at radius 2 is 2.24 bits per heavy atom. The maximum atomic E-state index is 5.82. The van der Waals surface area contributed by atoms with E-state index in [1.54, 1.807) is 0 Å². The van der Waals surface area contributed by atoms with Gasteiger partial charge in [-0.2, -0.15) is 0 Å². The van der Waals surface area contributed by atoms with E-state index in [4.69, 9.17) is 5.73 Å². The minimum absolute atomic E-state index is 0. The van der Waals surface area contributed by atoms with Crippen molar-refractivity contribution in [3.63, 3.8) is 0 Å². The van der Waals surface area contributed by atoms with Crippen LogP contribution in [0.5, 0.6) is 0 Å². The molecule has 120 valence electrons. The topological polar surface area (TPSA) is 53.6 Å². The second-order valence-corrected chi connectivity index (χ2v) is 6.48. The summed E-state index contributed by atoms with van der Waals surface area (Å²) in [6.07, 6.45) is 3.54. The van der Waals surface area contributed by atoms with Gasteiger partial charge in [0.1, 0.15) is 0 Å². The molecule has 1 aromatic heterocycles. The van der Waals surface area contributed by atoms with Crippen LogP contribution in [0.25, 0.3) is 0 Å². The Balaban J connectivity index is 0.00000220. The molecule has 2 rings (SSSR count). The molecule has 21 heavy (non-hydrogen) atoms. The van der Waals surface area contributed by atoms with Crippen LogP contribution in [0.2, 0.25) is 0 Å². The summed E-state index contributed by atoms with van der Waals surface area (Å²) in [4.78, 5) is 8.47. The molecule has 0 aromatic carbocycles. The zero-order valence-electron chi connectivity index (χ0n) is 12.8. The van der Waals surface area contributed by atoms with Crippen molar-refractivity contribution in [2.24, 2.45) is 16.6 Å². The first kappa shape index (κ1) is 18.7. The second kappa shape index (κ2) is 10.4.